The second kappa shape index (κ2) is 49.4. The molecule has 79 heavy (non-hydrogen) atoms. The summed E-state index contributed by atoms with van der Waals surface area (Å²) in [5.74, 6) is -8.57. The van der Waals surface area contributed by atoms with Gasteiger partial charge in [-0.1, -0.05) is 89.9 Å². The summed E-state index contributed by atoms with van der Waals surface area (Å²) >= 11 is 3.83. The molecule has 0 aromatic carbocycles. The van der Waals surface area contributed by atoms with Crippen LogP contribution in [-0.4, -0.2) is 182 Å². The number of rotatable bonds is 55. The maximum atomic E-state index is 12.5. The van der Waals surface area contributed by atoms with Gasteiger partial charge in [0.2, 0.25) is 41.4 Å². The number of carbonyl (C=O) groups excluding carboxylic acids is 7. The molecule has 0 aliphatic carbocycles. The average Bonchev–Trinajstić information content (AvgIpc) is 3.39. The second-order valence-corrected chi connectivity index (χ2v) is 19.1. The number of primary amides is 1. The highest BCUT2D eigenvalue weighted by atomic mass is 32.1. The number of carbonyl (C=O) groups is 11. The molecule has 0 bridgehead atoms. The van der Waals surface area contributed by atoms with Crippen LogP contribution in [0, 0.1) is 0 Å². The lowest BCUT2D eigenvalue weighted by Crippen LogP contribution is -2.45. The number of aliphatic carboxylic acids is 4. The molecule has 0 aliphatic rings. The third-order valence-electron chi connectivity index (χ3n) is 12.0. The van der Waals surface area contributed by atoms with E-state index < -0.39 is 96.5 Å². The first kappa shape index (κ1) is 73.3. The van der Waals surface area contributed by atoms with Gasteiger partial charge in [0.25, 0.3) is 0 Å². The van der Waals surface area contributed by atoms with Gasteiger partial charge in [-0.3, -0.25) is 43.1 Å². The minimum atomic E-state index is -1.49. The lowest BCUT2D eigenvalue weighted by atomic mass is 10.0. The second-order valence-electron chi connectivity index (χ2n) is 18.8. The molecule has 0 heterocycles. The van der Waals surface area contributed by atoms with Crippen LogP contribution >= 0.6 is 12.8 Å². The molecule has 1 unspecified atom stereocenters. The van der Waals surface area contributed by atoms with Crippen molar-refractivity contribution < 1.29 is 92.1 Å². The molecule has 7 amide bonds. The van der Waals surface area contributed by atoms with E-state index in [2.05, 4.69) is 49.4 Å². The average molecular weight is 1150 g/mol. The number of hydrogen-bond donors (Lipinski definition) is 13. The maximum Gasteiger partial charge on any atom is 0.326 e. The van der Waals surface area contributed by atoms with Crippen molar-refractivity contribution in [2.24, 2.45) is 5.73 Å². The topological polar surface area (TPSA) is 416 Å². The normalized spacial score (nSPS) is 12.5. The highest BCUT2D eigenvalue weighted by molar-refractivity contribution is 7.78. The van der Waals surface area contributed by atoms with E-state index in [0.717, 1.165) is 51.4 Å². The molecule has 0 rings (SSSR count). The van der Waals surface area contributed by atoms with Crippen molar-refractivity contribution >= 4 is 78.0 Å². The Morgan fingerprint density at radius 2 is 0.709 bits per heavy atom. The molecule has 28 heteroatoms. The summed E-state index contributed by atoms with van der Waals surface area (Å²) in [5, 5.41) is 52.1. The smallest absolute Gasteiger partial charge is 0.326 e. The van der Waals surface area contributed by atoms with E-state index >= 15 is 0 Å². The molecule has 13 N–H and O–H groups in total. The molecule has 0 saturated heterocycles. The zero-order valence-electron chi connectivity index (χ0n) is 45.7. The molecule has 454 valence electrons. The van der Waals surface area contributed by atoms with Crippen LogP contribution < -0.4 is 42.4 Å². The third-order valence-corrected chi connectivity index (χ3v) is 12.3. The van der Waals surface area contributed by atoms with Crippen molar-refractivity contribution in [2.45, 2.75) is 185 Å². The fraction of sp³-hybridized carbons (Fsp3) is 0.784. The van der Waals surface area contributed by atoms with Crippen LogP contribution in [0.25, 0.3) is 0 Å². The first-order valence-corrected chi connectivity index (χ1v) is 27.9. The van der Waals surface area contributed by atoms with Gasteiger partial charge in [-0.05, 0) is 51.4 Å². The van der Waals surface area contributed by atoms with E-state index in [0.29, 0.717) is 25.7 Å². The monoisotopic (exact) mass is 1150 g/mol. The molecular formula is C51H90N8O19S. The Kier molecular flexibility index (Phi) is 45.8. The molecule has 0 aliphatic heterocycles. The van der Waals surface area contributed by atoms with E-state index in [1.54, 1.807) is 0 Å². The maximum absolute atomic E-state index is 12.5. The molecule has 0 radical (unpaired) electrons. The minimum Gasteiger partial charge on any atom is -0.481 e. The Morgan fingerprint density at radius 1 is 0.354 bits per heavy atom. The SMILES string of the molecule is NC(=O)C(CCCCNC(=O)CC[C@H](NC(=O)CC[C@H](NC(=O)COCCOCCNC(=O)COCCOCCNC(=O)CC[C@H](NC(=O)CCCCCCCCCCCCCCCCC(=O)O)C(=O)O)C(=O)O)C(=O)O)NS. The van der Waals surface area contributed by atoms with Gasteiger partial charge in [-0.15, -0.1) is 0 Å². The van der Waals surface area contributed by atoms with Crippen LogP contribution in [0.3, 0.4) is 0 Å². The fourth-order valence-electron chi connectivity index (χ4n) is 7.54. The largest absolute Gasteiger partial charge is 0.481 e. The molecule has 0 fully saturated rings. The number of hydrogen-bond acceptors (Lipinski definition) is 17. The fourth-order valence-corrected chi connectivity index (χ4v) is 7.80. The number of nitrogens with one attached hydrogen (secondary N) is 7. The van der Waals surface area contributed by atoms with Crippen LogP contribution in [0.1, 0.15) is 161 Å². The number of carboxylic acid groups (broad SMARTS) is 4. The molecule has 4 atom stereocenters. The number of ether oxygens (including phenoxy) is 4. The summed E-state index contributed by atoms with van der Waals surface area (Å²) in [6.45, 7) is 0.228. The van der Waals surface area contributed by atoms with Gasteiger partial charge in [0.15, 0.2) is 0 Å². The summed E-state index contributed by atoms with van der Waals surface area (Å²) in [4.78, 5) is 130. The van der Waals surface area contributed by atoms with Gasteiger partial charge in [0.1, 0.15) is 31.3 Å². The summed E-state index contributed by atoms with van der Waals surface area (Å²) in [5.41, 5.74) is 5.22. The Hall–Kier alpha value is -5.68. The van der Waals surface area contributed by atoms with E-state index in [1.165, 1.54) is 32.1 Å². The Labute approximate surface area is 468 Å². The quantitative estimate of drug-likeness (QED) is 0.0301. The zero-order chi connectivity index (χ0) is 58.9. The van der Waals surface area contributed by atoms with Crippen molar-refractivity contribution in [2.75, 3.05) is 72.5 Å². The van der Waals surface area contributed by atoms with Gasteiger partial charge in [-0.25, -0.2) is 14.4 Å². The molecule has 0 spiro atoms. The Bertz CT molecular complexity index is 1800. The Morgan fingerprint density at radius 3 is 1.13 bits per heavy atom. The van der Waals surface area contributed by atoms with Gasteiger partial charge < -0.3 is 77.0 Å². The summed E-state index contributed by atoms with van der Waals surface area (Å²) in [6.07, 6.45) is 15.3. The molecular weight excluding hydrogens is 1060 g/mol. The van der Waals surface area contributed by atoms with Crippen LogP contribution in [0.15, 0.2) is 0 Å². The van der Waals surface area contributed by atoms with Crippen LogP contribution in [0.2, 0.25) is 0 Å². The van der Waals surface area contributed by atoms with Crippen LogP contribution in [0.5, 0.6) is 0 Å². The highest BCUT2D eigenvalue weighted by Gasteiger charge is 2.25. The Balaban J connectivity index is 3.97. The van der Waals surface area contributed by atoms with E-state index in [1.807, 2.05) is 0 Å². The lowest BCUT2D eigenvalue weighted by molar-refractivity contribution is -0.144. The van der Waals surface area contributed by atoms with Gasteiger partial charge in [-0.2, -0.15) is 0 Å². The number of amides is 7. The summed E-state index contributed by atoms with van der Waals surface area (Å²) in [7, 11) is 0. The first-order valence-electron chi connectivity index (χ1n) is 27.4. The molecule has 0 aromatic rings. The van der Waals surface area contributed by atoms with E-state index in [9.17, 15) is 68.1 Å². The third kappa shape index (κ3) is 45.8. The number of thiol groups is 1. The lowest BCUT2D eigenvalue weighted by Gasteiger charge is -2.17. The minimum absolute atomic E-state index is 0.0355. The van der Waals surface area contributed by atoms with Crippen molar-refractivity contribution in [1.82, 2.24) is 36.6 Å². The molecule has 0 aromatic heterocycles. The predicted molar refractivity (Wildman–Crippen MR) is 289 cm³/mol. The van der Waals surface area contributed by atoms with Crippen molar-refractivity contribution in [1.29, 1.82) is 0 Å². The predicted octanol–water partition coefficient (Wildman–Crippen LogP) is 1.23. The first-order chi connectivity index (χ1) is 37.9. The van der Waals surface area contributed by atoms with Gasteiger partial charge in [0.05, 0.1) is 45.7 Å². The van der Waals surface area contributed by atoms with E-state index in [4.69, 9.17) is 29.8 Å². The van der Waals surface area contributed by atoms with E-state index in [-0.39, 0.29) is 117 Å². The molecule has 27 nitrogen and oxygen atoms in total. The number of nitrogens with two attached hydrogens (primary N) is 1. The van der Waals surface area contributed by atoms with Crippen LogP contribution in [-0.2, 0) is 71.7 Å². The summed E-state index contributed by atoms with van der Waals surface area (Å²) < 4.78 is 23.7. The van der Waals surface area contributed by atoms with Crippen LogP contribution in [0.4, 0.5) is 0 Å². The van der Waals surface area contributed by atoms with Gasteiger partial charge in [0, 0.05) is 51.7 Å². The zero-order valence-corrected chi connectivity index (χ0v) is 46.6. The number of unbranched alkanes of at least 4 members (excludes halogenated alkanes) is 14. The van der Waals surface area contributed by atoms with Gasteiger partial charge >= 0.3 is 23.9 Å². The molecule has 0 saturated carbocycles. The van der Waals surface area contributed by atoms with Crippen molar-refractivity contribution in [3.05, 3.63) is 0 Å². The summed E-state index contributed by atoms with van der Waals surface area (Å²) in [6, 6.07) is -4.71. The van der Waals surface area contributed by atoms with Crippen molar-refractivity contribution in [3.8, 4) is 0 Å². The number of carboxylic acids is 4. The van der Waals surface area contributed by atoms with Crippen molar-refractivity contribution in [3.63, 3.8) is 0 Å². The highest BCUT2D eigenvalue weighted by Crippen LogP contribution is 2.14. The standard InChI is InChI=1S/C51H90N8O19S/c52-48(68)37(59-79)17-15-16-26-53-41(60)23-20-39(50(71)72)57-44(63)25-22-40(51(73)74)58-46(65)36-78-34-32-76-30-28-55-45(64)35-77-33-31-75-29-27-54-42(61)24-21-38(49(69)70)56-43(62)18-13-11-9-7-5-3-1-2-4-6-8-10-12-14-19-47(66)67/h37-40,59,79H,1-36H2,(H2,52,68)(H,53,60)(H,54,61)(H,55,64)(H,56,62)(H,57,63)(H,58,65)(H,66,67)(H,69,70)(H,71,72)(H,73,74)/t37?,38-,39-,40-/m0/s1.